The van der Waals surface area contributed by atoms with Crippen LogP contribution >= 0.6 is 27.5 Å². The van der Waals surface area contributed by atoms with E-state index in [4.69, 9.17) is 20.8 Å². The highest BCUT2D eigenvalue weighted by atomic mass is 79.9. The molecule has 6 heteroatoms. The molecule has 0 aliphatic heterocycles. The van der Waals surface area contributed by atoms with Gasteiger partial charge in [-0.1, -0.05) is 25.4 Å². The third kappa shape index (κ3) is 4.46. The van der Waals surface area contributed by atoms with Crippen LogP contribution in [0.2, 0.25) is 5.02 Å². The fourth-order valence-corrected chi connectivity index (χ4v) is 2.47. The Morgan fingerprint density at radius 1 is 1.43 bits per heavy atom. The summed E-state index contributed by atoms with van der Waals surface area (Å²) in [4.78, 5) is 0. The van der Waals surface area contributed by atoms with Gasteiger partial charge in [0.15, 0.2) is 0 Å². The van der Waals surface area contributed by atoms with E-state index >= 15 is 0 Å². The Morgan fingerprint density at radius 3 is 2.90 bits per heavy atom. The lowest BCUT2D eigenvalue weighted by molar-refractivity contribution is 0.297. The third-order valence-corrected chi connectivity index (χ3v) is 3.78. The molecule has 0 spiro atoms. The molecule has 1 heterocycles. The van der Waals surface area contributed by atoms with Gasteiger partial charge in [0.2, 0.25) is 0 Å². The van der Waals surface area contributed by atoms with Crippen LogP contribution in [0, 0.1) is 5.82 Å². The molecule has 0 aliphatic rings. The van der Waals surface area contributed by atoms with Crippen molar-refractivity contribution < 1.29 is 13.5 Å². The Labute approximate surface area is 136 Å². The van der Waals surface area contributed by atoms with E-state index in [1.54, 1.807) is 6.26 Å². The van der Waals surface area contributed by atoms with Gasteiger partial charge in [0.25, 0.3) is 0 Å². The molecular weight excluding hydrogens is 361 g/mol. The van der Waals surface area contributed by atoms with Gasteiger partial charge in [-0.15, -0.1) is 0 Å². The van der Waals surface area contributed by atoms with Crippen molar-refractivity contribution >= 4 is 27.5 Å². The number of halogens is 3. The van der Waals surface area contributed by atoms with E-state index in [2.05, 4.69) is 35.1 Å². The molecule has 1 aromatic carbocycles. The molecule has 0 radical (unpaired) electrons. The number of ether oxygens (including phenoxy) is 1. The molecule has 0 saturated carbocycles. The van der Waals surface area contributed by atoms with Crippen LogP contribution in [0.4, 0.5) is 4.39 Å². The summed E-state index contributed by atoms with van der Waals surface area (Å²) in [6.07, 6.45) is 1.62. The van der Waals surface area contributed by atoms with Crippen molar-refractivity contribution in [1.82, 2.24) is 5.32 Å². The van der Waals surface area contributed by atoms with E-state index in [0.29, 0.717) is 29.4 Å². The zero-order chi connectivity index (χ0) is 15.4. The molecule has 0 unspecified atom stereocenters. The fourth-order valence-electron chi connectivity index (χ4n) is 1.72. The van der Waals surface area contributed by atoms with Crippen molar-refractivity contribution in [3.05, 3.63) is 51.1 Å². The van der Waals surface area contributed by atoms with Crippen molar-refractivity contribution in [2.75, 3.05) is 0 Å². The highest BCUT2D eigenvalue weighted by Crippen LogP contribution is 2.31. The number of benzene rings is 1. The van der Waals surface area contributed by atoms with Crippen LogP contribution in [0.5, 0.6) is 5.75 Å². The quantitative estimate of drug-likeness (QED) is 0.727. The molecule has 2 aromatic rings. The van der Waals surface area contributed by atoms with E-state index < -0.39 is 5.82 Å². The minimum atomic E-state index is -0.510. The minimum absolute atomic E-state index is 0.0550. The Hall–Kier alpha value is -1.04. The highest BCUT2D eigenvalue weighted by Gasteiger charge is 2.11. The van der Waals surface area contributed by atoms with E-state index in [0.717, 1.165) is 11.3 Å². The Bertz CT molecular complexity index is 616. The van der Waals surface area contributed by atoms with Gasteiger partial charge in [0, 0.05) is 17.7 Å². The first kappa shape index (κ1) is 16.3. The largest absolute Gasteiger partial charge is 0.487 e. The fraction of sp³-hybridized carbons (Fsp3) is 0.333. The second kappa shape index (κ2) is 7.29. The van der Waals surface area contributed by atoms with Gasteiger partial charge in [-0.3, -0.25) is 0 Å². The van der Waals surface area contributed by atoms with Crippen LogP contribution in [0.3, 0.4) is 0 Å². The molecule has 1 aromatic heterocycles. The molecular formula is C15H16BrClFNO2. The second-order valence-electron chi connectivity index (χ2n) is 4.89. The van der Waals surface area contributed by atoms with E-state index in [1.165, 1.54) is 12.1 Å². The lowest BCUT2D eigenvalue weighted by atomic mass is 10.2. The summed E-state index contributed by atoms with van der Waals surface area (Å²) in [5.41, 5.74) is 0.922. The van der Waals surface area contributed by atoms with E-state index in [1.807, 2.05) is 6.07 Å². The normalized spacial score (nSPS) is 11.1. The average molecular weight is 377 g/mol. The molecule has 114 valence electrons. The molecule has 0 aliphatic carbocycles. The van der Waals surface area contributed by atoms with Gasteiger partial charge in [-0.2, -0.15) is 0 Å². The standard InChI is InChI=1S/C15H16BrClFNO2/c1-9(2)19-7-15-10(3-4-20-15)8-21-14-6-13(18)12(17)5-11(14)16/h3-6,9,19H,7-8H2,1-2H3. The zero-order valence-corrected chi connectivity index (χ0v) is 14.1. The predicted octanol–water partition coefficient (Wildman–Crippen LogP) is 4.91. The first-order valence-electron chi connectivity index (χ1n) is 6.53. The molecule has 1 N–H and O–H groups in total. The van der Waals surface area contributed by atoms with Crippen molar-refractivity contribution in [2.45, 2.75) is 33.0 Å². The molecule has 21 heavy (non-hydrogen) atoms. The summed E-state index contributed by atoms with van der Waals surface area (Å²) >= 11 is 9.00. The SMILES string of the molecule is CC(C)NCc1occc1COc1cc(F)c(Cl)cc1Br. The lowest BCUT2D eigenvalue weighted by Gasteiger charge is -2.10. The third-order valence-electron chi connectivity index (χ3n) is 2.87. The van der Waals surface area contributed by atoms with E-state index in [9.17, 15) is 4.39 Å². The molecule has 3 nitrogen and oxygen atoms in total. The van der Waals surface area contributed by atoms with Crippen LogP contribution in [-0.2, 0) is 13.2 Å². The molecule has 0 saturated heterocycles. The maximum atomic E-state index is 13.5. The topological polar surface area (TPSA) is 34.4 Å². The Morgan fingerprint density at radius 2 is 2.19 bits per heavy atom. The highest BCUT2D eigenvalue weighted by molar-refractivity contribution is 9.10. The summed E-state index contributed by atoms with van der Waals surface area (Å²) in [6, 6.07) is 4.95. The number of rotatable bonds is 6. The van der Waals surface area contributed by atoms with Crippen LogP contribution in [0.15, 0.2) is 33.4 Å². The van der Waals surface area contributed by atoms with Gasteiger partial charge in [-0.25, -0.2) is 4.39 Å². The number of hydrogen-bond acceptors (Lipinski definition) is 3. The van der Waals surface area contributed by atoms with Crippen LogP contribution in [0.1, 0.15) is 25.2 Å². The summed E-state index contributed by atoms with van der Waals surface area (Å²) < 4.78 is 25.1. The number of nitrogens with one attached hydrogen (secondary N) is 1. The zero-order valence-electron chi connectivity index (χ0n) is 11.8. The first-order chi connectivity index (χ1) is 9.97. The summed E-state index contributed by atoms with van der Waals surface area (Å²) in [6.45, 7) is 5.05. The van der Waals surface area contributed by atoms with Gasteiger partial charge in [0.05, 0.1) is 22.3 Å². The van der Waals surface area contributed by atoms with Crippen LogP contribution in [-0.4, -0.2) is 6.04 Å². The van der Waals surface area contributed by atoms with Crippen LogP contribution in [0.25, 0.3) is 0 Å². The van der Waals surface area contributed by atoms with Crippen molar-refractivity contribution in [1.29, 1.82) is 0 Å². The first-order valence-corrected chi connectivity index (χ1v) is 7.70. The lowest BCUT2D eigenvalue weighted by Crippen LogP contribution is -2.22. The van der Waals surface area contributed by atoms with Gasteiger partial charge in [0.1, 0.15) is 23.9 Å². The summed E-state index contributed by atoms with van der Waals surface area (Å²) in [5.74, 6) is 0.707. The maximum Gasteiger partial charge on any atom is 0.145 e. The molecule has 2 rings (SSSR count). The van der Waals surface area contributed by atoms with E-state index in [-0.39, 0.29) is 5.02 Å². The number of hydrogen-bond donors (Lipinski definition) is 1. The molecule has 0 amide bonds. The van der Waals surface area contributed by atoms with Crippen molar-refractivity contribution in [3.63, 3.8) is 0 Å². The van der Waals surface area contributed by atoms with Gasteiger partial charge < -0.3 is 14.5 Å². The maximum absolute atomic E-state index is 13.5. The second-order valence-corrected chi connectivity index (χ2v) is 6.15. The van der Waals surface area contributed by atoms with Gasteiger partial charge in [-0.05, 0) is 28.1 Å². The number of furan rings is 1. The smallest absolute Gasteiger partial charge is 0.145 e. The minimum Gasteiger partial charge on any atom is -0.487 e. The van der Waals surface area contributed by atoms with Crippen molar-refractivity contribution in [2.24, 2.45) is 0 Å². The molecule has 0 fully saturated rings. The summed E-state index contributed by atoms with van der Waals surface area (Å²) in [7, 11) is 0. The molecule has 0 bridgehead atoms. The molecule has 0 atom stereocenters. The Kier molecular flexibility index (Phi) is 5.67. The summed E-state index contributed by atoms with van der Waals surface area (Å²) in [5, 5.41) is 3.33. The van der Waals surface area contributed by atoms with Gasteiger partial charge >= 0.3 is 0 Å². The predicted molar refractivity (Wildman–Crippen MR) is 84.1 cm³/mol. The average Bonchev–Trinajstić information content (AvgIpc) is 2.86. The Balaban J connectivity index is 2.03. The van der Waals surface area contributed by atoms with Crippen molar-refractivity contribution in [3.8, 4) is 5.75 Å². The monoisotopic (exact) mass is 375 g/mol. The van der Waals surface area contributed by atoms with Crippen LogP contribution < -0.4 is 10.1 Å².